The molecule has 0 amide bonds. The molecule has 5 N–H and O–H groups in total. The van der Waals surface area contributed by atoms with E-state index in [0.29, 0.717) is 6.07 Å². The third-order valence-corrected chi connectivity index (χ3v) is 8.03. The van der Waals surface area contributed by atoms with Crippen LogP contribution in [-0.4, -0.2) is 77.3 Å². The molecule has 1 fully saturated rings. The Balaban J connectivity index is 0.000000437. The molecule has 0 bridgehead atoms. The van der Waals surface area contributed by atoms with Crippen molar-refractivity contribution in [3.63, 3.8) is 0 Å². The molecule has 1 aromatic carbocycles. The van der Waals surface area contributed by atoms with Crippen molar-refractivity contribution in [3.8, 4) is 5.75 Å². The number of benzene rings is 1. The topological polar surface area (TPSA) is 144 Å². The van der Waals surface area contributed by atoms with Gasteiger partial charge in [0.15, 0.2) is 0 Å². The van der Waals surface area contributed by atoms with Gasteiger partial charge in [-0.15, -0.1) is 0 Å². The standard InChI is InChI=1S/C21H45N3.C7H6O6S/c1-6-10-12-19(8-3)14-23-16-21(5,22)17-24(18-23)15-20(9-4)13-11-7-2;8-6-2-1-4(14(11,12)13)3-5(6)7(9)10/h19-20H,6-18,22H2,1-5H3;1-3,8H,(H,9,10)(H,11,12,13). The smallest absolute Gasteiger partial charge is 0.339 e. The maximum absolute atomic E-state index is 10.6. The number of carbonyl (C=O) groups is 1. The minimum absolute atomic E-state index is 0.0651. The van der Waals surface area contributed by atoms with E-state index in [4.69, 9.17) is 20.5 Å². The molecule has 10 heteroatoms. The third-order valence-electron chi connectivity index (χ3n) is 7.19. The van der Waals surface area contributed by atoms with Crippen molar-refractivity contribution in [1.29, 1.82) is 0 Å². The number of nitrogens with two attached hydrogens (primary N) is 1. The van der Waals surface area contributed by atoms with Crippen molar-refractivity contribution in [1.82, 2.24) is 9.80 Å². The van der Waals surface area contributed by atoms with E-state index in [9.17, 15) is 13.2 Å². The molecule has 0 spiro atoms. The van der Waals surface area contributed by atoms with Gasteiger partial charge in [-0.25, -0.2) is 4.79 Å². The van der Waals surface area contributed by atoms with Crippen LogP contribution in [0.15, 0.2) is 23.1 Å². The van der Waals surface area contributed by atoms with Crippen molar-refractivity contribution >= 4 is 16.1 Å². The zero-order valence-corrected chi connectivity index (χ0v) is 24.8. The zero-order chi connectivity index (χ0) is 28.9. The fourth-order valence-corrected chi connectivity index (χ4v) is 5.62. The number of aromatic carboxylic acids is 1. The first kappa shape index (κ1) is 34.3. The number of hydrogen-bond acceptors (Lipinski definition) is 7. The third kappa shape index (κ3) is 12.4. The van der Waals surface area contributed by atoms with Gasteiger partial charge in [0.2, 0.25) is 0 Å². The molecule has 1 aliphatic rings. The van der Waals surface area contributed by atoms with Crippen molar-refractivity contribution in [2.75, 3.05) is 32.8 Å². The van der Waals surface area contributed by atoms with Crippen LogP contribution in [0.4, 0.5) is 0 Å². The fourth-order valence-electron chi connectivity index (χ4n) is 5.11. The van der Waals surface area contributed by atoms with Crippen molar-refractivity contribution in [2.45, 2.75) is 96.4 Å². The van der Waals surface area contributed by atoms with Crippen LogP contribution in [-0.2, 0) is 10.1 Å². The first-order chi connectivity index (χ1) is 17.8. The maximum atomic E-state index is 10.6. The van der Waals surface area contributed by atoms with Crippen LogP contribution in [0.5, 0.6) is 5.75 Å². The van der Waals surface area contributed by atoms with Gasteiger partial charge in [-0.1, -0.05) is 66.2 Å². The molecule has 9 nitrogen and oxygen atoms in total. The summed E-state index contributed by atoms with van der Waals surface area (Å²) in [6.07, 6.45) is 10.7. The number of unbranched alkanes of at least 4 members (excludes halogenated alkanes) is 2. The quantitative estimate of drug-likeness (QED) is 0.231. The van der Waals surface area contributed by atoms with E-state index in [1.54, 1.807) is 0 Å². The minimum Gasteiger partial charge on any atom is -0.507 e. The molecule has 0 aliphatic carbocycles. The molecule has 1 heterocycles. The van der Waals surface area contributed by atoms with E-state index < -0.39 is 32.3 Å². The minimum atomic E-state index is -4.45. The Hall–Kier alpha value is -1.72. The van der Waals surface area contributed by atoms with E-state index in [0.717, 1.165) is 43.7 Å². The predicted octanol–water partition coefficient (Wildman–Crippen LogP) is 5.05. The maximum Gasteiger partial charge on any atom is 0.339 e. The molecular formula is C28H51N3O6S. The molecule has 0 aromatic heterocycles. The number of phenols is 1. The van der Waals surface area contributed by atoms with Crippen molar-refractivity contribution < 1.29 is 28.0 Å². The van der Waals surface area contributed by atoms with Gasteiger partial charge in [-0.05, 0) is 49.8 Å². The summed E-state index contributed by atoms with van der Waals surface area (Å²) in [7, 11) is -4.45. The molecule has 2 atom stereocenters. The molecule has 1 saturated heterocycles. The highest BCUT2D eigenvalue weighted by Crippen LogP contribution is 2.23. The number of carboxylic acid groups (broad SMARTS) is 1. The Morgan fingerprint density at radius 3 is 1.84 bits per heavy atom. The van der Waals surface area contributed by atoms with Gasteiger partial charge in [-0.2, -0.15) is 8.42 Å². The summed E-state index contributed by atoms with van der Waals surface area (Å²) in [5.74, 6) is -0.372. The Bertz CT molecular complexity index is 926. The molecule has 2 unspecified atom stereocenters. The van der Waals surface area contributed by atoms with Crippen LogP contribution in [0.2, 0.25) is 0 Å². The van der Waals surface area contributed by atoms with Crippen LogP contribution < -0.4 is 5.73 Å². The second-order valence-corrected chi connectivity index (χ2v) is 12.5. The van der Waals surface area contributed by atoms with Gasteiger partial charge < -0.3 is 15.9 Å². The van der Waals surface area contributed by atoms with Crippen LogP contribution in [0.3, 0.4) is 0 Å². The van der Waals surface area contributed by atoms with Gasteiger partial charge >= 0.3 is 5.97 Å². The van der Waals surface area contributed by atoms with E-state index in [1.165, 1.54) is 64.5 Å². The molecule has 0 radical (unpaired) electrons. The lowest BCUT2D eigenvalue weighted by Gasteiger charge is -2.46. The number of nitrogens with zero attached hydrogens (tertiary/aromatic N) is 2. The van der Waals surface area contributed by atoms with Gasteiger partial charge in [0.05, 0.1) is 11.6 Å². The summed E-state index contributed by atoms with van der Waals surface area (Å²) < 4.78 is 29.8. The fraction of sp³-hybridized carbons (Fsp3) is 0.750. The predicted molar refractivity (Wildman–Crippen MR) is 152 cm³/mol. The number of aromatic hydroxyl groups is 1. The SMILES string of the molecule is CCCCC(CC)CN1CN(CC(CC)CCCC)CC(C)(N)C1.O=C(O)c1cc(S(=O)(=O)O)ccc1O. The summed E-state index contributed by atoms with van der Waals surface area (Å²) in [5.41, 5.74) is 5.96. The average Bonchev–Trinajstić information content (AvgIpc) is 2.83. The van der Waals surface area contributed by atoms with E-state index >= 15 is 0 Å². The number of rotatable bonds is 14. The highest BCUT2D eigenvalue weighted by molar-refractivity contribution is 7.85. The summed E-state index contributed by atoms with van der Waals surface area (Å²) in [6.45, 7) is 17.2. The largest absolute Gasteiger partial charge is 0.507 e. The van der Waals surface area contributed by atoms with Crippen LogP contribution in [0.1, 0.15) is 96.3 Å². The second-order valence-electron chi connectivity index (χ2n) is 11.1. The second kappa shape index (κ2) is 16.4. The van der Waals surface area contributed by atoms with Gasteiger partial charge in [0.25, 0.3) is 10.1 Å². The number of hydrogen-bond donors (Lipinski definition) is 4. The van der Waals surface area contributed by atoms with Crippen LogP contribution in [0, 0.1) is 11.8 Å². The first-order valence-electron chi connectivity index (χ1n) is 14.0. The Morgan fingerprint density at radius 1 is 1.00 bits per heavy atom. The molecule has 220 valence electrons. The monoisotopic (exact) mass is 557 g/mol. The summed E-state index contributed by atoms with van der Waals surface area (Å²) >= 11 is 0. The lowest BCUT2D eigenvalue weighted by Crippen LogP contribution is -2.63. The first-order valence-corrected chi connectivity index (χ1v) is 15.5. The van der Waals surface area contributed by atoms with Crippen molar-refractivity contribution in [3.05, 3.63) is 23.8 Å². The van der Waals surface area contributed by atoms with Crippen LogP contribution >= 0.6 is 0 Å². The van der Waals surface area contributed by atoms with E-state index in [1.807, 2.05) is 0 Å². The van der Waals surface area contributed by atoms with Gasteiger partial charge in [0.1, 0.15) is 11.3 Å². The zero-order valence-electron chi connectivity index (χ0n) is 24.0. The van der Waals surface area contributed by atoms with E-state index in [-0.39, 0.29) is 5.54 Å². The summed E-state index contributed by atoms with van der Waals surface area (Å²) in [4.78, 5) is 15.2. The molecule has 1 aromatic rings. The average molecular weight is 558 g/mol. The lowest BCUT2D eigenvalue weighted by molar-refractivity contribution is 0.0182. The summed E-state index contributed by atoms with van der Waals surface area (Å²) in [6, 6.07) is 2.46. The molecular weight excluding hydrogens is 506 g/mol. The molecule has 38 heavy (non-hydrogen) atoms. The molecule has 1 aliphatic heterocycles. The normalized spacial score (nSPS) is 20.4. The molecule has 2 rings (SSSR count). The van der Waals surface area contributed by atoms with Crippen molar-refractivity contribution in [2.24, 2.45) is 17.6 Å². The van der Waals surface area contributed by atoms with Gasteiger partial charge in [-0.3, -0.25) is 14.4 Å². The lowest BCUT2D eigenvalue weighted by atomic mass is 9.94. The Morgan fingerprint density at radius 2 is 1.47 bits per heavy atom. The van der Waals surface area contributed by atoms with E-state index in [2.05, 4.69) is 44.4 Å². The Kier molecular flexibility index (Phi) is 14.8. The Labute approximate surface area is 230 Å². The highest BCUT2D eigenvalue weighted by atomic mass is 32.2. The summed E-state index contributed by atoms with van der Waals surface area (Å²) in [5, 5.41) is 17.5. The molecule has 0 saturated carbocycles. The number of carboxylic acids is 1. The van der Waals surface area contributed by atoms with Gasteiger partial charge in [0, 0.05) is 31.7 Å². The highest BCUT2D eigenvalue weighted by Gasteiger charge is 2.33. The van der Waals surface area contributed by atoms with Crippen LogP contribution in [0.25, 0.3) is 0 Å².